The van der Waals surface area contributed by atoms with E-state index in [0.29, 0.717) is 16.5 Å². The molecule has 6 nitrogen and oxygen atoms in total. The number of H-pyrrole nitrogens is 1. The van der Waals surface area contributed by atoms with Gasteiger partial charge in [0.1, 0.15) is 5.82 Å². The second-order valence-corrected chi connectivity index (χ2v) is 3.76. The molecule has 15 heavy (non-hydrogen) atoms. The lowest BCUT2D eigenvalue weighted by Crippen LogP contribution is -2.12. The Hall–Kier alpha value is -1.76. The molecule has 0 aliphatic heterocycles. The van der Waals surface area contributed by atoms with Crippen LogP contribution in [0.1, 0.15) is 21.9 Å². The highest BCUT2D eigenvalue weighted by Gasteiger charge is 2.12. The molecular weight excluding hydrogens is 214 g/mol. The van der Waals surface area contributed by atoms with Gasteiger partial charge >= 0.3 is 0 Å². The highest BCUT2D eigenvalue weighted by molar-refractivity contribution is 7.09. The van der Waals surface area contributed by atoms with Crippen molar-refractivity contribution in [3.8, 4) is 0 Å². The van der Waals surface area contributed by atoms with Gasteiger partial charge in [-0.1, -0.05) is 0 Å². The fourth-order valence-electron chi connectivity index (χ4n) is 1.09. The maximum atomic E-state index is 11.7. The van der Waals surface area contributed by atoms with Gasteiger partial charge in [-0.2, -0.15) is 9.47 Å². The zero-order valence-corrected chi connectivity index (χ0v) is 9.05. The van der Waals surface area contributed by atoms with Crippen molar-refractivity contribution < 1.29 is 4.79 Å². The Bertz CT molecular complexity index is 489. The molecular formula is C8H9N5OS. The van der Waals surface area contributed by atoms with Gasteiger partial charge in [-0.25, -0.2) is 4.98 Å². The maximum absolute atomic E-state index is 11.7. The summed E-state index contributed by atoms with van der Waals surface area (Å²) in [7, 11) is 0. The fraction of sp³-hybridized carbons (Fsp3) is 0.250. The van der Waals surface area contributed by atoms with Crippen LogP contribution in [-0.4, -0.2) is 25.5 Å². The Morgan fingerprint density at radius 2 is 2.33 bits per heavy atom. The van der Waals surface area contributed by atoms with Crippen molar-refractivity contribution >= 4 is 22.6 Å². The summed E-state index contributed by atoms with van der Waals surface area (Å²) in [5.41, 5.74) is 1.25. The van der Waals surface area contributed by atoms with Crippen LogP contribution in [0, 0.1) is 13.8 Å². The number of carbonyl (C=O) groups excluding carboxylic acids is 1. The molecule has 2 rings (SSSR count). The predicted octanol–water partition coefficient (Wildman–Crippen LogP) is 1.13. The van der Waals surface area contributed by atoms with E-state index in [2.05, 4.69) is 24.9 Å². The van der Waals surface area contributed by atoms with Crippen LogP contribution < -0.4 is 5.32 Å². The molecule has 2 N–H and O–H groups in total. The van der Waals surface area contributed by atoms with Crippen molar-refractivity contribution in [2.45, 2.75) is 13.8 Å². The summed E-state index contributed by atoms with van der Waals surface area (Å²) >= 11 is 1.16. The number of rotatable bonds is 2. The van der Waals surface area contributed by atoms with Crippen LogP contribution in [0.4, 0.5) is 5.13 Å². The molecule has 78 valence electrons. The lowest BCUT2D eigenvalue weighted by Gasteiger charge is -1.98. The van der Waals surface area contributed by atoms with Crippen molar-refractivity contribution in [2.24, 2.45) is 0 Å². The molecule has 0 radical (unpaired) electrons. The van der Waals surface area contributed by atoms with E-state index in [1.807, 2.05) is 0 Å². The second kappa shape index (κ2) is 3.77. The summed E-state index contributed by atoms with van der Waals surface area (Å²) in [4.78, 5) is 15.7. The van der Waals surface area contributed by atoms with E-state index >= 15 is 0 Å². The Morgan fingerprint density at radius 3 is 2.87 bits per heavy atom. The molecule has 0 bridgehead atoms. The Morgan fingerprint density at radius 1 is 1.53 bits per heavy atom. The third-order valence-corrected chi connectivity index (χ3v) is 2.54. The first-order chi connectivity index (χ1) is 7.16. The van der Waals surface area contributed by atoms with Crippen molar-refractivity contribution in [1.82, 2.24) is 19.6 Å². The molecule has 0 fully saturated rings. The second-order valence-electron chi connectivity index (χ2n) is 3.01. The van der Waals surface area contributed by atoms with Crippen LogP contribution in [0.5, 0.6) is 0 Å². The van der Waals surface area contributed by atoms with Gasteiger partial charge in [0.2, 0.25) is 5.13 Å². The van der Waals surface area contributed by atoms with E-state index < -0.39 is 0 Å². The molecule has 7 heteroatoms. The quantitative estimate of drug-likeness (QED) is 0.799. The average Bonchev–Trinajstić information content (AvgIpc) is 2.75. The number of aromatic amines is 1. The van der Waals surface area contributed by atoms with Gasteiger partial charge in [-0.3, -0.25) is 15.2 Å². The van der Waals surface area contributed by atoms with Gasteiger partial charge in [0, 0.05) is 17.2 Å². The normalized spacial score (nSPS) is 10.3. The zero-order valence-electron chi connectivity index (χ0n) is 8.24. The predicted molar refractivity (Wildman–Crippen MR) is 55.9 cm³/mol. The van der Waals surface area contributed by atoms with Gasteiger partial charge in [0.25, 0.3) is 5.91 Å². The Labute approximate surface area is 89.9 Å². The van der Waals surface area contributed by atoms with Crippen LogP contribution in [0.25, 0.3) is 0 Å². The fourth-order valence-corrected chi connectivity index (χ4v) is 1.66. The number of aryl methyl sites for hydroxylation is 2. The van der Waals surface area contributed by atoms with Gasteiger partial charge in [-0.05, 0) is 13.8 Å². The number of nitrogens with one attached hydrogen (secondary N) is 2. The van der Waals surface area contributed by atoms with Crippen LogP contribution in [0.3, 0.4) is 0 Å². The SMILES string of the molecule is Cc1nsc(NC(=O)c2cn[nH]c2C)n1. The minimum absolute atomic E-state index is 0.225. The molecule has 1 amide bonds. The third kappa shape index (κ3) is 2.01. The van der Waals surface area contributed by atoms with Crippen LogP contribution in [0.15, 0.2) is 6.20 Å². The molecule has 0 saturated heterocycles. The van der Waals surface area contributed by atoms with E-state index in [-0.39, 0.29) is 5.91 Å². The van der Waals surface area contributed by atoms with Crippen molar-refractivity contribution in [1.29, 1.82) is 0 Å². The molecule has 0 aliphatic carbocycles. The number of amides is 1. The first-order valence-electron chi connectivity index (χ1n) is 4.28. The summed E-state index contributed by atoms with van der Waals surface area (Å²) in [5.74, 6) is 0.427. The minimum atomic E-state index is -0.225. The van der Waals surface area contributed by atoms with Gasteiger partial charge in [0.15, 0.2) is 0 Å². The van der Waals surface area contributed by atoms with Crippen LogP contribution in [-0.2, 0) is 0 Å². The molecule has 2 aromatic heterocycles. The highest BCUT2D eigenvalue weighted by atomic mass is 32.1. The van der Waals surface area contributed by atoms with E-state index in [9.17, 15) is 4.79 Å². The van der Waals surface area contributed by atoms with Gasteiger partial charge < -0.3 is 0 Å². The van der Waals surface area contributed by atoms with Crippen molar-refractivity contribution in [3.63, 3.8) is 0 Å². The molecule has 0 atom stereocenters. The summed E-state index contributed by atoms with van der Waals surface area (Å²) in [6.45, 7) is 3.56. The van der Waals surface area contributed by atoms with Crippen LogP contribution >= 0.6 is 11.5 Å². The molecule has 0 unspecified atom stereocenters. The summed E-state index contributed by atoms with van der Waals surface area (Å²) in [5, 5.41) is 9.62. The Kier molecular flexibility index (Phi) is 2.46. The maximum Gasteiger partial charge on any atom is 0.260 e. The lowest BCUT2D eigenvalue weighted by atomic mass is 10.2. The molecule has 2 heterocycles. The number of hydrogen-bond donors (Lipinski definition) is 2. The first kappa shape index (κ1) is 9.78. The summed E-state index contributed by atoms with van der Waals surface area (Å²) < 4.78 is 3.97. The van der Waals surface area contributed by atoms with Crippen molar-refractivity contribution in [3.05, 3.63) is 23.3 Å². The molecule has 0 spiro atoms. The number of hydrogen-bond acceptors (Lipinski definition) is 5. The standard InChI is InChI=1S/C8H9N5OS/c1-4-6(3-9-12-4)7(14)11-8-10-5(2)13-15-8/h3H,1-2H3,(H,9,12)(H,10,11,13,14). The highest BCUT2D eigenvalue weighted by Crippen LogP contribution is 2.12. The minimum Gasteiger partial charge on any atom is -0.296 e. The van der Waals surface area contributed by atoms with Gasteiger partial charge in [0.05, 0.1) is 11.8 Å². The zero-order chi connectivity index (χ0) is 10.8. The number of anilines is 1. The number of nitrogens with zero attached hydrogens (tertiary/aromatic N) is 3. The number of carbonyl (C=O) groups is 1. The van der Waals surface area contributed by atoms with E-state index in [0.717, 1.165) is 17.2 Å². The lowest BCUT2D eigenvalue weighted by molar-refractivity contribution is 0.102. The largest absolute Gasteiger partial charge is 0.296 e. The third-order valence-electron chi connectivity index (χ3n) is 1.82. The van der Waals surface area contributed by atoms with E-state index in [4.69, 9.17) is 0 Å². The molecule has 2 aromatic rings. The van der Waals surface area contributed by atoms with E-state index in [1.165, 1.54) is 6.20 Å². The number of aromatic nitrogens is 4. The summed E-state index contributed by atoms with van der Waals surface area (Å²) in [6.07, 6.45) is 1.48. The Balaban J connectivity index is 2.14. The average molecular weight is 223 g/mol. The van der Waals surface area contributed by atoms with Gasteiger partial charge in [-0.15, -0.1) is 0 Å². The van der Waals surface area contributed by atoms with E-state index in [1.54, 1.807) is 13.8 Å². The monoisotopic (exact) mass is 223 g/mol. The summed E-state index contributed by atoms with van der Waals surface area (Å²) in [6, 6.07) is 0. The van der Waals surface area contributed by atoms with Crippen LogP contribution in [0.2, 0.25) is 0 Å². The van der Waals surface area contributed by atoms with Crippen molar-refractivity contribution in [2.75, 3.05) is 5.32 Å². The topological polar surface area (TPSA) is 83.6 Å². The molecule has 0 aromatic carbocycles. The smallest absolute Gasteiger partial charge is 0.260 e. The molecule has 0 aliphatic rings. The first-order valence-corrected chi connectivity index (χ1v) is 5.06. The molecule has 0 saturated carbocycles.